The Morgan fingerprint density at radius 1 is 1.33 bits per heavy atom. The molecule has 0 aromatic heterocycles. The molecule has 0 saturated carbocycles. The van der Waals surface area contributed by atoms with Crippen LogP contribution in [0.4, 0.5) is 0 Å². The number of rotatable bonds is 6. The summed E-state index contributed by atoms with van der Waals surface area (Å²) < 4.78 is 0. The monoisotopic (exact) mass is 168 g/mol. The molecule has 3 heteroatoms. The van der Waals surface area contributed by atoms with Crippen molar-refractivity contribution in [1.29, 1.82) is 0 Å². The number of unbranched alkanes of at least 4 members (excludes halogenated alkanes) is 4. The van der Waals surface area contributed by atoms with Gasteiger partial charge in [0.2, 0.25) is 0 Å². The molecule has 0 spiro atoms. The lowest BCUT2D eigenvalue weighted by Crippen LogP contribution is -2.10. The van der Waals surface area contributed by atoms with Gasteiger partial charge in [-0.2, -0.15) is 0 Å². The van der Waals surface area contributed by atoms with Crippen molar-refractivity contribution in [3.63, 3.8) is 0 Å². The predicted octanol–water partition coefficient (Wildman–Crippen LogP) is 1.71. The summed E-state index contributed by atoms with van der Waals surface area (Å²) in [6.45, 7) is 0. The molecule has 68 valence electrons. The Kier molecular flexibility index (Phi) is 7.16. The van der Waals surface area contributed by atoms with Gasteiger partial charge in [-0.3, -0.25) is 0 Å². The molecule has 0 bridgehead atoms. The molecule has 0 atom stereocenters. The fourth-order valence-corrected chi connectivity index (χ4v) is 0.937. The van der Waals surface area contributed by atoms with E-state index in [0.29, 0.717) is 12.3 Å². The Morgan fingerprint density at radius 2 is 2.00 bits per heavy atom. The fraction of sp³-hybridized carbons (Fsp3) is 0.667. The van der Waals surface area contributed by atoms with Crippen molar-refractivity contribution in [3.8, 4) is 12.3 Å². The van der Waals surface area contributed by atoms with Gasteiger partial charge < -0.3 is 10.9 Å². The van der Waals surface area contributed by atoms with Gasteiger partial charge in [0.1, 0.15) is 5.84 Å². The first-order chi connectivity index (χ1) is 5.81. The van der Waals surface area contributed by atoms with Gasteiger partial charge in [-0.1, -0.05) is 18.0 Å². The van der Waals surface area contributed by atoms with E-state index in [1.165, 1.54) is 0 Å². The molecule has 0 aromatic carbocycles. The zero-order valence-electron chi connectivity index (χ0n) is 7.29. The van der Waals surface area contributed by atoms with Gasteiger partial charge in [-0.05, 0) is 12.8 Å². The number of oxime groups is 1. The quantitative estimate of drug-likeness (QED) is 0.158. The van der Waals surface area contributed by atoms with E-state index in [1.54, 1.807) is 0 Å². The summed E-state index contributed by atoms with van der Waals surface area (Å²) >= 11 is 0. The Hall–Kier alpha value is -1.17. The topological polar surface area (TPSA) is 58.6 Å². The Balaban J connectivity index is 3.07. The van der Waals surface area contributed by atoms with Crippen LogP contribution in [0.1, 0.15) is 38.5 Å². The maximum Gasteiger partial charge on any atom is 0.139 e. The summed E-state index contributed by atoms with van der Waals surface area (Å²) in [5.74, 6) is 2.90. The van der Waals surface area contributed by atoms with Gasteiger partial charge in [0.25, 0.3) is 0 Å². The van der Waals surface area contributed by atoms with Crippen LogP contribution in [0.3, 0.4) is 0 Å². The lowest BCUT2D eigenvalue weighted by molar-refractivity contribution is 0.316. The average Bonchev–Trinajstić information content (AvgIpc) is 2.10. The molecule has 0 heterocycles. The molecule has 0 aromatic rings. The molecule has 0 aliphatic rings. The highest BCUT2D eigenvalue weighted by atomic mass is 16.4. The molecule has 0 aliphatic heterocycles. The van der Waals surface area contributed by atoms with E-state index in [2.05, 4.69) is 11.1 Å². The van der Waals surface area contributed by atoms with E-state index in [1.807, 2.05) is 0 Å². The van der Waals surface area contributed by atoms with Crippen molar-refractivity contribution >= 4 is 5.84 Å². The molecule has 0 amide bonds. The van der Waals surface area contributed by atoms with E-state index in [4.69, 9.17) is 17.4 Å². The van der Waals surface area contributed by atoms with Gasteiger partial charge in [0.15, 0.2) is 0 Å². The predicted molar refractivity (Wildman–Crippen MR) is 49.9 cm³/mol. The molecule has 0 unspecified atom stereocenters. The molecular formula is C9H16N2O. The molecule has 3 nitrogen and oxygen atoms in total. The van der Waals surface area contributed by atoms with Gasteiger partial charge >= 0.3 is 0 Å². The molecule has 0 aliphatic carbocycles. The van der Waals surface area contributed by atoms with Crippen molar-refractivity contribution in [2.75, 3.05) is 0 Å². The highest BCUT2D eigenvalue weighted by Crippen LogP contribution is 2.04. The Morgan fingerprint density at radius 3 is 2.58 bits per heavy atom. The Labute approximate surface area is 73.6 Å². The molecule has 0 fully saturated rings. The standard InChI is InChI=1S/C9H16N2O/c1-2-3-4-5-6-7-8-9(10)11-12/h1,12H,3-8H2,(H2,10,11). The van der Waals surface area contributed by atoms with E-state index in [-0.39, 0.29) is 0 Å². The van der Waals surface area contributed by atoms with Crippen molar-refractivity contribution in [2.45, 2.75) is 38.5 Å². The first-order valence-corrected chi connectivity index (χ1v) is 4.21. The number of hydrogen-bond acceptors (Lipinski definition) is 2. The average molecular weight is 168 g/mol. The minimum atomic E-state index is 0.312. The summed E-state index contributed by atoms with van der Waals surface area (Å²) in [4.78, 5) is 0. The second-order valence-corrected chi connectivity index (χ2v) is 2.71. The van der Waals surface area contributed by atoms with Crippen molar-refractivity contribution < 1.29 is 5.21 Å². The first-order valence-electron chi connectivity index (χ1n) is 4.21. The molecule has 0 saturated heterocycles. The van der Waals surface area contributed by atoms with Crippen LogP contribution in [0, 0.1) is 12.3 Å². The Bertz CT molecular complexity index is 170. The highest BCUT2D eigenvalue weighted by molar-refractivity contribution is 5.79. The summed E-state index contributed by atoms with van der Waals surface area (Å²) in [7, 11) is 0. The van der Waals surface area contributed by atoms with Crippen LogP contribution in [0.5, 0.6) is 0 Å². The molecule has 12 heavy (non-hydrogen) atoms. The van der Waals surface area contributed by atoms with Crippen molar-refractivity contribution in [2.24, 2.45) is 10.9 Å². The lowest BCUT2D eigenvalue weighted by Gasteiger charge is -1.97. The van der Waals surface area contributed by atoms with Crippen LogP contribution >= 0.6 is 0 Å². The number of nitrogens with zero attached hydrogens (tertiary/aromatic N) is 1. The first kappa shape index (κ1) is 10.8. The summed E-state index contributed by atoms with van der Waals surface area (Å²) in [5.41, 5.74) is 5.28. The summed E-state index contributed by atoms with van der Waals surface area (Å²) in [6.07, 6.45) is 10.9. The zero-order chi connectivity index (χ0) is 9.23. The van der Waals surface area contributed by atoms with E-state index in [9.17, 15) is 0 Å². The lowest BCUT2D eigenvalue weighted by atomic mass is 10.1. The van der Waals surface area contributed by atoms with Crippen LogP contribution in [0.25, 0.3) is 0 Å². The van der Waals surface area contributed by atoms with Crippen LogP contribution in [-0.2, 0) is 0 Å². The number of terminal acetylenes is 1. The summed E-state index contributed by atoms with van der Waals surface area (Å²) in [5, 5.41) is 11.1. The SMILES string of the molecule is C#CCCCCCC/C(N)=N/O. The fourth-order valence-electron chi connectivity index (χ4n) is 0.937. The third-order valence-corrected chi connectivity index (χ3v) is 1.63. The molecule has 3 N–H and O–H groups in total. The van der Waals surface area contributed by atoms with Gasteiger partial charge in [0.05, 0.1) is 0 Å². The van der Waals surface area contributed by atoms with Crippen LogP contribution in [0.2, 0.25) is 0 Å². The van der Waals surface area contributed by atoms with Crippen LogP contribution < -0.4 is 5.73 Å². The van der Waals surface area contributed by atoms with E-state index < -0.39 is 0 Å². The third-order valence-electron chi connectivity index (χ3n) is 1.63. The minimum Gasteiger partial charge on any atom is -0.409 e. The third kappa shape index (κ3) is 6.94. The molecule has 0 rings (SSSR count). The number of amidine groups is 1. The number of hydrogen-bond donors (Lipinski definition) is 2. The van der Waals surface area contributed by atoms with Gasteiger partial charge in [-0.25, -0.2) is 0 Å². The van der Waals surface area contributed by atoms with E-state index >= 15 is 0 Å². The van der Waals surface area contributed by atoms with Crippen LogP contribution in [0.15, 0.2) is 5.16 Å². The maximum absolute atomic E-state index is 8.21. The van der Waals surface area contributed by atoms with Crippen molar-refractivity contribution in [1.82, 2.24) is 0 Å². The highest BCUT2D eigenvalue weighted by Gasteiger charge is 1.93. The minimum absolute atomic E-state index is 0.312. The smallest absolute Gasteiger partial charge is 0.139 e. The molecule has 0 radical (unpaired) electrons. The van der Waals surface area contributed by atoms with E-state index in [0.717, 1.165) is 32.1 Å². The summed E-state index contributed by atoms with van der Waals surface area (Å²) in [6, 6.07) is 0. The normalized spacial score (nSPS) is 11.1. The zero-order valence-corrected chi connectivity index (χ0v) is 7.29. The largest absolute Gasteiger partial charge is 0.409 e. The second-order valence-electron chi connectivity index (χ2n) is 2.71. The number of nitrogens with two attached hydrogens (primary N) is 1. The van der Waals surface area contributed by atoms with Gasteiger partial charge in [-0.15, -0.1) is 12.3 Å². The van der Waals surface area contributed by atoms with Crippen molar-refractivity contribution in [3.05, 3.63) is 0 Å². The van der Waals surface area contributed by atoms with Crippen LogP contribution in [-0.4, -0.2) is 11.0 Å². The molecular weight excluding hydrogens is 152 g/mol. The van der Waals surface area contributed by atoms with Gasteiger partial charge in [0, 0.05) is 12.8 Å². The maximum atomic E-state index is 8.21. The second kappa shape index (κ2) is 7.93.